The first-order valence-corrected chi connectivity index (χ1v) is 4.62. The largest absolute Gasteiger partial charge is 0.395 e. The molecule has 82 valence electrons. The number of hydrogen-bond acceptors (Lipinski definition) is 5. The monoisotopic (exact) mass is 212 g/mol. The number of aliphatic hydroxyl groups excluding tert-OH is 2. The highest BCUT2D eigenvalue weighted by molar-refractivity contribution is 5.79. The Balaban J connectivity index is 2.50. The summed E-state index contributed by atoms with van der Waals surface area (Å²) >= 11 is 0. The predicted molar refractivity (Wildman–Crippen MR) is 49.2 cm³/mol. The molecule has 1 fully saturated rings. The Kier molecular flexibility index (Phi) is 4.28. The third kappa shape index (κ3) is 2.78. The maximum Gasteiger partial charge on any atom is 0.316 e. The average molecular weight is 212 g/mol. The second kappa shape index (κ2) is 5.49. The Morgan fingerprint density at radius 3 is 2.80 bits per heavy atom. The van der Waals surface area contributed by atoms with Crippen LogP contribution in [0.3, 0.4) is 0 Å². The summed E-state index contributed by atoms with van der Waals surface area (Å²) in [5, 5.41) is 17.9. The Hall–Kier alpha value is -1.38. The van der Waals surface area contributed by atoms with E-state index < -0.39 is 18.0 Å². The molecule has 0 spiro atoms. The number of carbonyl (C=O) groups is 2. The Morgan fingerprint density at radius 2 is 2.33 bits per heavy atom. The van der Waals surface area contributed by atoms with E-state index in [9.17, 15) is 14.7 Å². The molecule has 0 aromatic heterocycles. The highest BCUT2D eigenvalue weighted by atomic mass is 16.6. The van der Waals surface area contributed by atoms with Crippen LogP contribution in [0.2, 0.25) is 0 Å². The Labute approximate surface area is 87.0 Å². The molecule has 15 heavy (non-hydrogen) atoms. The summed E-state index contributed by atoms with van der Waals surface area (Å²) in [6.45, 7) is -0.239. The number of rotatable bonds is 3. The van der Waals surface area contributed by atoms with Crippen molar-refractivity contribution in [3.63, 3.8) is 0 Å². The van der Waals surface area contributed by atoms with Crippen molar-refractivity contribution >= 4 is 12.4 Å². The van der Waals surface area contributed by atoms with Gasteiger partial charge in [0.2, 0.25) is 0 Å². The second-order valence-corrected chi connectivity index (χ2v) is 3.30. The maximum absolute atomic E-state index is 11.2. The van der Waals surface area contributed by atoms with E-state index >= 15 is 0 Å². The third-order valence-electron chi connectivity index (χ3n) is 2.53. The summed E-state index contributed by atoms with van der Waals surface area (Å²) in [6, 6.07) is 0. The lowest BCUT2D eigenvalue weighted by atomic mass is 9.71. The number of ether oxygens (including phenoxy) is 1. The minimum atomic E-state index is -0.949. The molecule has 5 heteroatoms. The summed E-state index contributed by atoms with van der Waals surface area (Å²) in [5.74, 6) is 3.37. The first kappa shape index (κ1) is 11.7. The zero-order chi connectivity index (χ0) is 11.3. The van der Waals surface area contributed by atoms with Gasteiger partial charge < -0.3 is 14.9 Å². The van der Waals surface area contributed by atoms with E-state index in [4.69, 9.17) is 5.11 Å². The minimum absolute atomic E-state index is 0.0868. The predicted octanol–water partition coefficient (Wildman–Crippen LogP) is -0.931. The normalized spacial score (nSPS) is 25.5. The van der Waals surface area contributed by atoms with E-state index in [1.807, 2.05) is 0 Å². The van der Waals surface area contributed by atoms with Crippen LogP contribution in [-0.2, 0) is 14.3 Å². The van der Waals surface area contributed by atoms with Crippen molar-refractivity contribution in [1.29, 1.82) is 0 Å². The molecule has 5 nitrogen and oxygen atoms in total. The number of aliphatic hydroxyl groups is 2. The van der Waals surface area contributed by atoms with Crippen LogP contribution >= 0.6 is 0 Å². The summed E-state index contributed by atoms with van der Waals surface area (Å²) in [6.07, 6.45) is 0.310. The molecule has 1 saturated carbocycles. The summed E-state index contributed by atoms with van der Waals surface area (Å²) in [7, 11) is 0. The molecule has 3 atom stereocenters. The van der Waals surface area contributed by atoms with E-state index in [2.05, 4.69) is 16.6 Å². The molecule has 0 aliphatic heterocycles. The highest BCUT2D eigenvalue weighted by Crippen LogP contribution is 2.37. The molecule has 0 heterocycles. The number of esters is 1. The van der Waals surface area contributed by atoms with Gasteiger partial charge in [-0.05, 0) is 12.8 Å². The standard InChI is InChI=1S/C10H12O5/c11-5-1-2-9(13)7-3-4-8(7)10(14)15-6-12/h6-9,11,13H,3-5H2. The zero-order valence-electron chi connectivity index (χ0n) is 8.05. The van der Waals surface area contributed by atoms with Crippen LogP contribution in [-0.4, -0.2) is 35.4 Å². The van der Waals surface area contributed by atoms with Gasteiger partial charge >= 0.3 is 12.4 Å². The maximum atomic E-state index is 11.2. The van der Waals surface area contributed by atoms with Gasteiger partial charge in [0.05, 0.1) is 5.92 Å². The van der Waals surface area contributed by atoms with Gasteiger partial charge in [-0.2, -0.15) is 0 Å². The smallest absolute Gasteiger partial charge is 0.316 e. The van der Waals surface area contributed by atoms with Gasteiger partial charge in [-0.1, -0.05) is 11.8 Å². The van der Waals surface area contributed by atoms with Crippen LogP contribution in [0.1, 0.15) is 12.8 Å². The molecule has 0 bridgehead atoms. The number of carbonyl (C=O) groups excluding carboxylic acids is 2. The lowest BCUT2D eigenvalue weighted by molar-refractivity contribution is -0.161. The summed E-state index contributed by atoms with van der Waals surface area (Å²) < 4.78 is 4.20. The lowest BCUT2D eigenvalue weighted by Crippen LogP contribution is -2.40. The molecule has 0 saturated heterocycles. The minimum Gasteiger partial charge on any atom is -0.395 e. The van der Waals surface area contributed by atoms with Crippen LogP contribution in [0, 0.1) is 23.7 Å². The van der Waals surface area contributed by atoms with Gasteiger partial charge in [0.25, 0.3) is 0 Å². The quantitative estimate of drug-likeness (QED) is 0.273. The van der Waals surface area contributed by atoms with Crippen LogP contribution in [0.5, 0.6) is 0 Å². The van der Waals surface area contributed by atoms with Crippen molar-refractivity contribution in [2.75, 3.05) is 6.61 Å². The van der Waals surface area contributed by atoms with Crippen molar-refractivity contribution in [1.82, 2.24) is 0 Å². The average Bonchev–Trinajstić information content (AvgIpc) is 2.13. The molecule has 3 unspecified atom stereocenters. The van der Waals surface area contributed by atoms with Crippen LogP contribution in [0.15, 0.2) is 0 Å². The third-order valence-corrected chi connectivity index (χ3v) is 2.53. The fourth-order valence-electron chi connectivity index (χ4n) is 1.59. The zero-order valence-corrected chi connectivity index (χ0v) is 8.05. The summed E-state index contributed by atoms with van der Waals surface area (Å²) in [5.41, 5.74) is 0. The SMILES string of the molecule is O=COC(=O)C1CCC1C(O)C#CCO. The van der Waals surface area contributed by atoms with Crippen LogP contribution in [0.25, 0.3) is 0 Å². The van der Waals surface area contributed by atoms with Crippen molar-refractivity contribution in [2.45, 2.75) is 18.9 Å². The molecule has 1 aliphatic carbocycles. The second-order valence-electron chi connectivity index (χ2n) is 3.30. The van der Waals surface area contributed by atoms with Gasteiger partial charge in [-0.15, -0.1) is 0 Å². The van der Waals surface area contributed by atoms with Crippen LogP contribution in [0.4, 0.5) is 0 Å². The molecular formula is C10H12O5. The van der Waals surface area contributed by atoms with E-state index in [0.717, 1.165) is 0 Å². The van der Waals surface area contributed by atoms with E-state index in [0.29, 0.717) is 12.8 Å². The van der Waals surface area contributed by atoms with Gasteiger partial charge in [0, 0.05) is 5.92 Å². The highest BCUT2D eigenvalue weighted by Gasteiger charge is 2.41. The van der Waals surface area contributed by atoms with Crippen molar-refractivity contribution < 1.29 is 24.5 Å². The summed E-state index contributed by atoms with van der Waals surface area (Å²) in [4.78, 5) is 21.1. The molecule has 0 radical (unpaired) electrons. The fourth-order valence-corrected chi connectivity index (χ4v) is 1.59. The van der Waals surface area contributed by atoms with Crippen molar-refractivity contribution in [3.8, 4) is 11.8 Å². The van der Waals surface area contributed by atoms with Gasteiger partial charge in [-0.25, -0.2) is 0 Å². The Morgan fingerprint density at radius 1 is 1.60 bits per heavy atom. The molecular weight excluding hydrogens is 200 g/mol. The first-order valence-electron chi connectivity index (χ1n) is 4.62. The molecule has 2 N–H and O–H groups in total. The molecule has 1 aliphatic rings. The Bertz CT molecular complexity index is 301. The molecule has 1 rings (SSSR count). The van der Waals surface area contributed by atoms with E-state index in [-0.39, 0.29) is 19.0 Å². The lowest BCUT2D eigenvalue weighted by Gasteiger charge is -2.35. The van der Waals surface area contributed by atoms with Gasteiger partial charge in [0.1, 0.15) is 12.7 Å². The first-order chi connectivity index (χ1) is 7.20. The van der Waals surface area contributed by atoms with E-state index in [1.165, 1.54) is 0 Å². The van der Waals surface area contributed by atoms with Crippen molar-refractivity contribution in [2.24, 2.45) is 11.8 Å². The molecule has 0 amide bonds. The fraction of sp³-hybridized carbons (Fsp3) is 0.600. The molecule has 0 aromatic rings. The van der Waals surface area contributed by atoms with Gasteiger partial charge in [-0.3, -0.25) is 9.59 Å². The topological polar surface area (TPSA) is 83.8 Å². The van der Waals surface area contributed by atoms with Gasteiger partial charge in [0.15, 0.2) is 0 Å². The van der Waals surface area contributed by atoms with Crippen LogP contribution < -0.4 is 0 Å². The number of hydrogen-bond donors (Lipinski definition) is 2. The van der Waals surface area contributed by atoms with E-state index in [1.54, 1.807) is 0 Å². The molecule has 0 aromatic carbocycles. The van der Waals surface area contributed by atoms with Crippen molar-refractivity contribution in [3.05, 3.63) is 0 Å².